The number of carbonyl (C=O) groups is 1. The monoisotopic (exact) mass is 400 g/mol. The standard InChI is InChI=1S/C26H28N2O2/c29-26(23-12-7-13-25(18-23)30-20-22-10-5-2-6-11-22)27-24-14-16-28(17-15-24)19-21-8-3-1-4-9-21/h1-13,18,24H,14-17,19-20H2,(H,27,29). The molecular weight excluding hydrogens is 372 g/mol. The minimum absolute atomic E-state index is 0.0262. The highest BCUT2D eigenvalue weighted by Gasteiger charge is 2.21. The summed E-state index contributed by atoms with van der Waals surface area (Å²) in [5.41, 5.74) is 3.09. The van der Waals surface area contributed by atoms with Crippen LogP contribution in [0.3, 0.4) is 0 Å². The van der Waals surface area contributed by atoms with Crippen LogP contribution in [0.1, 0.15) is 34.3 Å². The summed E-state index contributed by atoms with van der Waals surface area (Å²) in [5.74, 6) is 0.686. The van der Waals surface area contributed by atoms with E-state index in [0.717, 1.165) is 38.0 Å². The van der Waals surface area contributed by atoms with Crippen LogP contribution in [0.5, 0.6) is 5.75 Å². The normalized spacial score (nSPS) is 14.9. The summed E-state index contributed by atoms with van der Waals surface area (Å²) in [5, 5.41) is 3.20. The second-order valence-electron chi connectivity index (χ2n) is 7.81. The molecule has 4 rings (SSSR count). The van der Waals surface area contributed by atoms with Crippen LogP contribution in [-0.2, 0) is 13.2 Å². The maximum absolute atomic E-state index is 12.7. The molecule has 4 heteroatoms. The highest BCUT2D eigenvalue weighted by Crippen LogP contribution is 2.17. The fraction of sp³-hybridized carbons (Fsp3) is 0.269. The molecule has 1 aliphatic heterocycles. The number of hydrogen-bond acceptors (Lipinski definition) is 3. The van der Waals surface area contributed by atoms with Crippen LogP contribution in [0.4, 0.5) is 0 Å². The average Bonchev–Trinajstić information content (AvgIpc) is 2.80. The van der Waals surface area contributed by atoms with E-state index in [1.165, 1.54) is 5.56 Å². The lowest BCUT2D eigenvalue weighted by Gasteiger charge is -2.32. The Morgan fingerprint density at radius 3 is 2.23 bits per heavy atom. The molecule has 4 nitrogen and oxygen atoms in total. The van der Waals surface area contributed by atoms with Gasteiger partial charge < -0.3 is 10.1 Å². The third kappa shape index (κ3) is 5.71. The van der Waals surface area contributed by atoms with Gasteiger partial charge in [0.2, 0.25) is 0 Å². The van der Waals surface area contributed by atoms with E-state index in [0.29, 0.717) is 17.9 Å². The van der Waals surface area contributed by atoms with E-state index in [9.17, 15) is 4.79 Å². The van der Waals surface area contributed by atoms with Gasteiger partial charge in [0.25, 0.3) is 5.91 Å². The van der Waals surface area contributed by atoms with Crippen LogP contribution in [0.15, 0.2) is 84.9 Å². The van der Waals surface area contributed by atoms with Gasteiger partial charge >= 0.3 is 0 Å². The zero-order valence-electron chi connectivity index (χ0n) is 17.2. The number of amides is 1. The van der Waals surface area contributed by atoms with Gasteiger partial charge in [0.05, 0.1) is 0 Å². The molecule has 3 aromatic rings. The molecule has 0 unspecified atom stereocenters. The minimum Gasteiger partial charge on any atom is -0.489 e. The smallest absolute Gasteiger partial charge is 0.251 e. The van der Waals surface area contributed by atoms with E-state index in [2.05, 4.69) is 34.5 Å². The Labute approximate surface area is 178 Å². The molecule has 1 N–H and O–H groups in total. The summed E-state index contributed by atoms with van der Waals surface area (Å²) in [6.07, 6.45) is 1.95. The first-order chi connectivity index (χ1) is 14.8. The third-order valence-electron chi connectivity index (χ3n) is 5.52. The summed E-state index contributed by atoms with van der Waals surface area (Å²) in [7, 11) is 0. The molecular formula is C26H28N2O2. The number of likely N-dealkylation sites (tertiary alicyclic amines) is 1. The van der Waals surface area contributed by atoms with Crippen LogP contribution in [0, 0.1) is 0 Å². The summed E-state index contributed by atoms with van der Waals surface area (Å²) in [6.45, 7) is 3.47. The van der Waals surface area contributed by atoms with Crippen LogP contribution >= 0.6 is 0 Å². The average molecular weight is 401 g/mol. The van der Waals surface area contributed by atoms with Crippen molar-refractivity contribution in [2.75, 3.05) is 13.1 Å². The van der Waals surface area contributed by atoms with E-state index >= 15 is 0 Å². The van der Waals surface area contributed by atoms with E-state index in [1.54, 1.807) is 0 Å². The molecule has 1 fully saturated rings. The second kappa shape index (κ2) is 10.1. The van der Waals surface area contributed by atoms with Crippen LogP contribution < -0.4 is 10.1 Å². The lowest BCUT2D eigenvalue weighted by Crippen LogP contribution is -2.44. The molecule has 0 radical (unpaired) electrons. The van der Waals surface area contributed by atoms with Gasteiger partial charge in [-0.2, -0.15) is 0 Å². The van der Waals surface area contributed by atoms with Crippen molar-refractivity contribution in [1.82, 2.24) is 10.2 Å². The lowest BCUT2D eigenvalue weighted by atomic mass is 10.0. The van der Waals surface area contributed by atoms with E-state index in [1.807, 2.05) is 60.7 Å². The number of benzene rings is 3. The van der Waals surface area contributed by atoms with Gasteiger partial charge in [0.1, 0.15) is 12.4 Å². The highest BCUT2D eigenvalue weighted by molar-refractivity contribution is 5.94. The van der Waals surface area contributed by atoms with Gasteiger partial charge in [0.15, 0.2) is 0 Å². The fourth-order valence-electron chi connectivity index (χ4n) is 3.81. The van der Waals surface area contributed by atoms with Crippen LogP contribution in [0.25, 0.3) is 0 Å². The zero-order chi connectivity index (χ0) is 20.6. The summed E-state index contributed by atoms with van der Waals surface area (Å²) < 4.78 is 5.86. The Kier molecular flexibility index (Phi) is 6.78. The molecule has 1 amide bonds. The van der Waals surface area contributed by atoms with E-state index in [-0.39, 0.29) is 11.9 Å². The maximum Gasteiger partial charge on any atom is 0.251 e. The predicted octanol–water partition coefficient (Wildman–Crippen LogP) is 4.66. The summed E-state index contributed by atoms with van der Waals surface area (Å²) >= 11 is 0. The number of rotatable bonds is 7. The van der Waals surface area contributed by atoms with Crippen molar-refractivity contribution in [3.8, 4) is 5.75 Å². The predicted molar refractivity (Wildman–Crippen MR) is 119 cm³/mol. The number of ether oxygens (including phenoxy) is 1. The highest BCUT2D eigenvalue weighted by atomic mass is 16.5. The van der Waals surface area contributed by atoms with E-state index in [4.69, 9.17) is 4.74 Å². The van der Waals surface area contributed by atoms with Crippen molar-refractivity contribution in [3.63, 3.8) is 0 Å². The second-order valence-corrected chi connectivity index (χ2v) is 7.81. The molecule has 1 saturated heterocycles. The molecule has 3 aromatic carbocycles. The van der Waals surface area contributed by atoms with Gasteiger partial charge in [0, 0.05) is 31.2 Å². The summed E-state index contributed by atoms with van der Waals surface area (Å²) in [6, 6.07) is 28.2. The molecule has 30 heavy (non-hydrogen) atoms. The lowest BCUT2D eigenvalue weighted by molar-refractivity contribution is 0.0908. The Balaban J connectivity index is 1.26. The van der Waals surface area contributed by atoms with Gasteiger partial charge in [-0.3, -0.25) is 9.69 Å². The molecule has 1 heterocycles. The van der Waals surface area contributed by atoms with Gasteiger partial charge in [-0.15, -0.1) is 0 Å². The molecule has 0 saturated carbocycles. The molecule has 0 bridgehead atoms. The first kappa shape index (κ1) is 20.2. The van der Waals surface area contributed by atoms with Crippen LogP contribution in [0.2, 0.25) is 0 Å². The van der Waals surface area contributed by atoms with Crippen molar-refractivity contribution >= 4 is 5.91 Å². The third-order valence-corrected chi connectivity index (χ3v) is 5.52. The number of carbonyl (C=O) groups excluding carboxylic acids is 1. The van der Waals surface area contributed by atoms with Crippen molar-refractivity contribution in [2.24, 2.45) is 0 Å². The van der Waals surface area contributed by atoms with Gasteiger partial charge in [-0.25, -0.2) is 0 Å². The fourth-order valence-corrected chi connectivity index (χ4v) is 3.81. The Morgan fingerprint density at radius 2 is 1.53 bits per heavy atom. The van der Waals surface area contributed by atoms with Crippen molar-refractivity contribution in [1.29, 1.82) is 0 Å². The molecule has 0 aromatic heterocycles. The van der Waals surface area contributed by atoms with Crippen molar-refractivity contribution in [3.05, 3.63) is 102 Å². The zero-order valence-corrected chi connectivity index (χ0v) is 17.2. The minimum atomic E-state index is -0.0262. The maximum atomic E-state index is 12.7. The largest absolute Gasteiger partial charge is 0.489 e. The van der Waals surface area contributed by atoms with Crippen molar-refractivity contribution < 1.29 is 9.53 Å². The topological polar surface area (TPSA) is 41.6 Å². The summed E-state index contributed by atoms with van der Waals surface area (Å²) in [4.78, 5) is 15.2. The molecule has 0 spiro atoms. The van der Waals surface area contributed by atoms with E-state index < -0.39 is 0 Å². The number of hydrogen-bond donors (Lipinski definition) is 1. The molecule has 0 atom stereocenters. The molecule has 0 aliphatic carbocycles. The Morgan fingerprint density at radius 1 is 0.867 bits per heavy atom. The Bertz CT molecular complexity index is 936. The number of nitrogens with one attached hydrogen (secondary N) is 1. The first-order valence-electron chi connectivity index (χ1n) is 10.6. The SMILES string of the molecule is O=C(NC1CCN(Cc2ccccc2)CC1)c1cccc(OCc2ccccc2)c1. The molecule has 1 aliphatic rings. The van der Waals surface area contributed by atoms with Gasteiger partial charge in [-0.1, -0.05) is 66.7 Å². The number of nitrogens with zero attached hydrogens (tertiary/aromatic N) is 1. The first-order valence-corrected chi connectivity index (χ1v) is 10.6. The van der Waals surface area contributed by atoms with Crippen molar-refractivity contribution in [2.45, 2.75) is 32.0 Å². The quantitative estimate of drug-likeness (QED) is 0.627. The molecule has 154 valence electrons. The Hall–Kier alpha value is -3.11. The number of piperidine rings is 1. The van der Waals surface area contributed by atoms with Crippen LogP contribution in [-0.4, -0.2) is 29.9 Å². The van der Waals surface area contributed by atoms with Gasteiger partial charge in [-0.05, 0) is 42.2 Å².